The lowest BCUT2D eigenvalue weighted by Crippen LogP contribution is -2.26. The van der Waals surface area contributed by atoms with Crippen molar-refractivity contribution >= 4 is 5.97 Å². The standard InChI is InChI=1S/C10H16N2O3/c1-7(2)14-10(13)6-11-5-9-4-8(3)12-15-9/h4,7,11H,5-6H2,1-3H3. The van der Waals surface area contributed by atoms with Crippen LogP contribution in [0.2, 0.25) is 0 Å². The number of carbonyl (C=O) groups excluding carboxylic acids is 1. The first kappa shape index (κ1) is 11.7. The molecule has 1 N–H and O–H groups in total. The van der Waals surface area contributed by atoms with Crippen molar-refractivity contribution in [3.05, 3.63) is 17.5 Å². The van der Waals surface area contributed by atoms with E-state index in [0.29, 0.717) is 12.3 Å². The van der Waals surface area contributed by atoms with Crippen LogP contribution in [0.3, 0.4) is 0 Å². The minimum atomic E-state index is -0.263. The van der Waals surface area contributed by atoms with E-state index in [1.54, 1.807) is 0 Å². The van der Waals surface area contributed by atoms with Crippen LogP contribution >= 0.6 is 0 Å². The molecule has 0 saturated carbocycles. The molecule has 0 aliphatic heterocycles. The maximum Gasteiger partial charge on any atom is 0.320 e. The molecule has 0 aliphatic rings. The van der Waals surface area contributed by atoms with E-state index in [9.17, 15) is 4.79 Å². The molecule has 0 fully saturated rings. The molecule has 0 bridgehead atoms. The largest absolute Gasteiger partial charge is 0.462 e. The van der Waals surface area contributed by atoms with E-state index in [-0.39, 0.29) is 18.6 Å². The minimum Gasteiger partial charge on any atom is -0.462 e. The first-order chi connectivity index (χ1) is 7.08. The van der Waals surface area contributed by atoms with Crippen LogP contribution in [0.1, 0.15) is 25.3 Å². The molecule has 0 unspecified atom stereocenters. The molecule has 0 aliphatic carbocycles. The number of aryl methyl sites for hydroxylation is 1. The molecule has 84 valence electrons. The molecule has 0 radical (unpaired) electrons. The van der Waals surface area contributed by atoms with Crippen LogP contribution in [0, 0.1) is 6.92 Å². The third-order valence-corrected chi connectivity index (χ3v) is 1.61. The summed E-state index contributed by atoms with van der Waals surface area (Å²) >= 11 is 0. The Labute approximate surface area is 88.8 Å². The summed E-state index contributed by atoms with van der Waals surface area (Å²) in [5.74, 6) is 0.450. The number of ether oxygens (including phenoxy) is 1. The molecule has 5 nitrogen and oxygen atoms in total. The van der Waals surface area contributed by atoms with Crippen LogP contribution in [0.15, 0.2) is 10.6 Å². The molecule has 5 heteroatoms. The number of carbonyl (C=O) groups is 1. The van der Waals surface area contributed by atoms with Gasteiger partial charge in [0, 0.05) is 6.07 Å². The van der Waals surface area contributed by atoms with Gasteiger partial charge < -0.3 is 9.26 Å². The number of nitrogens with zero attached hydrogens (tertiary/aromatic N) is 1. The highest BCUT2D eigenvalue weighted by Gasteiger charge is 2.05. The highest BCUT2D eigenvalue weighted by molar-refractivity contribution is 5.71. The molecule has 0 spiro atoms. The highest BCUT2D eigenvalue weighted by atomic mass is 16.5. The number of aromatic nitrogens is 1. The zero-order valence-corrected chi connectivity index (χ0v) is 9.24. The summed E-state index contributed by atoms with van der Waals surface area (Å²) in [6.07, 6.45) is -0.0770. The quantitative estimate of drug-likeness (QED) is 0.738. The monoisotopic (exact) mass is 212 g/mol. The zero-order chi connectivity index (χ0) is 11.3. The maximum absolute atomic E-state index is 11.1. The fraction of sp³-hybridized carbons (Fsp3) is 0.600. The van der Waals surface area contributed by atoms with Crippen LogP contribution < -0.4 is 5.32 Å². The summed E-state index contributed by atoms with van der Waals surface area (Å²) in [5, 5.41) is 6.64. The summed E-state index contributed by atoms with van der Waals surface area (Å²) in [6.45, 7) is 6.14. The Balaban J connectivity index is 2.19. The first-order valence-electron chi connectivity index (χ1n) is 4.90. The van der Waals surface area contributed by atoms with Crippen molar-refractivity contribution in [1.82, 2.24) is 10.5 Å². The molecule has 0 amide bonds. The summed E-state index contributed by atoms with van der Waals surface area (Å²) in [4.78, 5) is 11.1. The van der Waals surface area contributed by atoms with Crippen molar-refractivity contribution in [3.8, 4) is 0 Å². The van der Waals surface area contributed by atoms with Crippen LogP contribution in [0.4, 0.5) is 0 Å². The van der Waals surface area contributed by atoms with E-state index in [0.717, 1.165) is 5.69 Å². The van der Waals surface area contributed by atoms with Crippen molar-refractivity contribution < 1.29 is 14.1 Å². The predicted octanol–water partition coefficient (Wildman–Crippen LogP) is 1.02. The summed E-state index contributed by atoms with van der Waals surface area (Å²) < 4.78 is 9.91. The van der Waals surface area contributed by atoms with Gasteiger partial charge in [0.15, 0.2) is 5.76 Å². The minimum absolute atomic E-state index is 0.0770. The van der Waals surface area contributed by atoms with Gasteiger partial charge in [-0.05, 0) is 20.8 Å². The molecule has 0 saturated heterocycles. The normalized spacial score (nSPS) is 10.7. The van der Waals surface area contributed by atoms with Crippen LogP contribution in [0.25, 0.3) is 0 Å². The Morgan fingerprint density at radius 1 is 1.67 bits per heavy atom. The molecule has 1 aromatic heterocycles. The van der Waals surface area contributed by atoms with Gasteiger partial charge >= 0.3 is 5.97 Å². The number of hydrogen-bond acceptors (Lipinski definition) is 5. The maximum atomic E-state index is 11.1. The second-order valence-corrected chi connectivity index (χ2v) is 3.58. The Morgan fingerprint density at radius 3 is 2.93 bits per heavy atom. The van der Waals surface area contributed by atoms with Gasteiger partial charge in [-0.25, -0.2) is 0 Å². The molecule has 1 aromatic rings. The Kier molecular flexibility index (Phi) is 4.30. The summed E-state index contributed by atoms with van der Waals surface area (Å²) in [5.41, 5.74) is 0.830. The third-order valence-electron chi connectivity index (χ3n) is 1.61. The van der Waals surface area contributed by atoms with E-state index in [1.165, 1.54) is 0 Å². The summed E-state index contributed by atoms with van der Waals surface area (Å²) in [7, 11) is 0. The molecular formula is C10H16N2O3. The van der Waals surface area contributed by atoms with E-state index in [4.69, 9.17) is 9.26 Å². The van der Waals surface area contributed by atoms with Crippen molar-refractivity contribution in [3.63, 3.8) is 0 Å². The molecule has 0 aromatic carbocycles. The Morgan fingerprint density at radius 2 is 2.40 bits per heavy atom. The summed E-state index contributed by atoms with van der Waals surface area (Å²) in [6, 6.07) is 1.82. The molecule has 15 heavy (non-hydrogen) atoms. The number of hydrogen-bond donors (Lipinski definition) is 1. The number of rotatable bonds is 5. The van der Waals surface area contributed by atoms with E-state index in [2.05, 4.69) is 10.5 Å². The predicted molar refractivity (Wildman–Crippen MR) is 54.2 cm³/mol. The Bertz CT molecular complexity index is 320. The van der Waals surface area contributed by atoms with Gasteiger partial charge in [0.25, 0.3) is 0 Å². The second-order valence-electron chi connectivity index (χ2n) is 3.58. The number of nitrogens with one attached hydrogen (secondary N) is 1. The lowest BCUT2D eigenvalue weighted by Gasteiger charge is -2.07. The van der Waals surface area contributed by atoms with Crippen LogP contribution in [-0.4, -0.2) is 23.8 Å². The van der Waals surface area contributed by atoms with Gasteiger partial charge in [-0.15, -0.1) is 0 Å². The SMILES string of the molecule is Cc1cc(CNCC(=O)OC(C)C)on1. The number of esters is 1. The average molecular weight is 212 g/mol. The fourth-order valence-electron chi connectivity index (χ4n) is 1.09. The fourth-order valence-corrected chi connectivity index (χ4v) is 1.09. The molecular weight excluding hydrogens is 196 g/mol. The molecule has 1 heterocycles. The van der Waals surface area contributed by atoms with Gasteiger partial charge in [-0.1, -0.05) is 5.16 Å². The van der Waals surface area contributed by atoms with Crippen molar-refractivity contribution in [2.24, 2.45) is 0 Å². The highest BCUT2D eigenvalue weighted by Crippen LogP contribution is 2.00. The molecule has 0 atom stereocenters. The lowest BCUT2D eigenvalue weighted by molar-refractivity contribution is -0.146. The second kappa shape index (κ2) is 5.50. The van der Waals surface area contributed by atoms with Gasteiger partial charge in [-0.3, -0.25) is 10.1 Å². The van der Waals surface area contributed by atoms with Crippen LogP contribution in [-0.2, 0) is 16.1 Å². The van der Waals surface area contributed by atoms with Gasteiger partial charge in [-0.2, -0.15) is 0 Å². The topological polar surface area (TPSA) is 64.4 Å². The first-order valence-corrected chi connectivity index (χ1v) is 4.90. The van der Waals surface area contributed by atoms with Crippen molar-refractivity contribution in [2.75, 3.05) is 6.54 Å². The zero-order valence-electron chi connectivity index (χ0n) is 9.24. The Hall–Kier alpha value is -1.36. The van der Waals surface area contributed by atoms with Gasteiger partial charge in [0.05, 0.1) is 24.9 Å². The van der Waals surface area contributed by atoms with Gasteiger partial charge in [0.1, 0.15) is 0 Å². The lowest BCUT2D eigenvalue weighted by atomic mass is 10.4. The van der Waals surface area contributed by atoms with E-state index < -0.39 is 0 Å². The van der Waals surface area contributed by atoms with Crippen molar-refractivity contribution in [1.29, 1.82) is 0 Å². The van der Waals surface area contributed by atoms with E-state index >= 15 is 0 Å². The molecule has 1 rings (SSSR count). The third kappa shape index (κ3) is 4.60. The smallest absolute Gasteiger partial charge is 0.320 e. The van der Waals surface area contributed by atoms with Crippen molar-refractivity contribution in [2.45, 2.75) is 33.4 Å². The van der Waals surface area contributed by atoms with E-state index in [1.807, 2.05) is 26.8 Å². The average Bonchev–Trinajstić information content (AvgIpc) is 2.50. The van der Waals surface area contributed by atoms with Crippen LogP contribution in [0.5, 0.6) is 0 Å². The van der Waals surface area contributed by atoms with Gasteiger partial charge in [0.2, 0.25) is 0 Å².